The Morgan fingerprint density at radius 2 is 1.71 bits per heavy atom. The van der Waals surface area contributed by atoms with Crippen LogP contribution in [0.2, 0.25) is 0 Å². The summed E-state index contributed by atoms with van der Waals surface area (Å²) in [6.07, 6.45) is 1.28. The van der Waals surface area contributed by atoms with Gasteiger partial charge in [-0.05, 0) is 30.7 Å². The number of sulfonamides is 1. The van der Waals surface area contributed by atoms with Crippen molar-refractivity contribution in [3.05, 3.63) is 60.4 Å². The molecule has 0 radical (unpaired) electrons. The van der Waals surface area contributed by atoms with E-state index in [0.717, 1.165) is 10.6 Å². The van der Waals surface area contributed by atoms with Crippen molar-refractivity contribution in [1.29, 1.82) is 0 Å². The van der Waals surface area contributed by atoms with E-state index in [-0.39, 0.29) is 12.1 Å². The maximum atomic E-state index is 13.7. The number of nitrogens with one attached hydrogen (secondary N) is 1. The van der Waals surface area contributed by atoms with Crippen LogP contribution in [0.4, 0.5) is 15.8 Å². The highest BCUT2D eigenvalue weighted by Crippen LogP contribution is 2.23. The van der Waals surface area contributed by atoms with Crippen LogP contribution in [-0.2, 0) is 14.8 Å². The van der Waals surface area contributed by atoms with Crippen LogP contribution in [0.1, 0.15) is 13.3 Å². The van der Waals surface area contributed by atoms with Gasteiger partial charge in [-0.2, -0.15) is 0 Å². The maximum Gasteiger partial charge on any atom is 0.248 e. The molecule has 1 N–H and O–H groups in total. The van der Waals surface area contributed by atoms with Crippen molar-refractivity contribution in [3.63, 3.8) is 0 Å². The molecule has 1 atom stereocenters. The molecule has 0 fully saturated rings. The Balaban J connectivity index is 2.36. The highest BCUT2D eigenvalue weighted by molar-refractivity contribution is 7.92. The van der Waals surface area contributed by atoms with Crippen LogP contribution in [0.25, 0.3) is 0 Å². The van der Waals surface area contributed by atoms with Gasteiger partial charge in [0.15, 0.2) is 0 Å². The van der Waals surface area contributed by atoms with E-state index in [2.05, 4.69) is 5.32 Å². The van der Waals surface area contributed by atoms with Crippen LogP contribution < -0.4 is 9.62 Å². The zero-order chi connectivity index (χ0) is 17.7. The van der Waals surface area contributed by atoms with Crippen molar-refractivity contribution in [2.75, 3.05) is 15.9 Å². The molecule has 24 heavy (non-hydrogen) atoms. The minimum atomic E-state index is -3.70. The number of nitrogens with zero attached hydrogens (tertiary/aromatic N) is 1. The highest BCUT2D eigenvalue weighted by atomic mass is 32.2. The molecule has 0 spiro atoms. The number of rotatable bonds is 6. The summed E-state index contributed by atoms with van der Waals surface area (Å²) in [4.78, 5) is 12.6. The summed E-state index contributed by atoms with van der Waals surface area (Å²) in [7, 11) is -3.70. The Hall–Kier alpha value is -2.41. The highest BCUT2D eigenvalue weighted by Gasteiger charge is 2.31. The number of hydrogen-bond acceptors (Lipinski definition) is 3. The molecule has 5 nitrogen and oxygen atoms in total. The average molecular weight is 350 g/mol. The van der Waals surface area contributed by atoms with Crippen molar-refractivity contribution in [2.24, 2.45) is 0 Å². The summed E-state index contributed by atoms with van der Waals surface area (Å²) >= 11 is 0. The van der Waals surface area contributed by atoms with E-state index in [9.17, 15) is 17.6 Å². The Morgan fingerprint density at radius 3 is 2.25 bits per heavy atom. The minimum Gasteiger partial charge on any atom is -0.322 e. The summed E-state index contributed by atoms with van der Waals surface area (Å²) in [6, 6.07) is 13.1. The fraction of sp³-hybridized carbons (Fsp3) is 0.235. The van der Waals surface area contributed by atoms with Crippen LogP contribution in [0.15, 0.2) is 54.6 Å². The molecular formula is C17H19FN2O3S. The third kappa shape index (κ3) is 4.11. The molecule has 0 saturated heterocycles. The zero-order valence-corrected chi connectivity index (χ0v) is 14.3. The largest absolute Gasteiger partial charge is 0.322 e. The minimum absolute atomic E-state index is 0.0162. The average Bonchev–Trinajstić information content (AvgIpc) is 2.54. The van der Waals surface area contributed by atoms with Gasteiger partial charge in [0.2, 0.25) is 15.9 Å². The van der Waals surface area contributed by atoms with Crippen molar-refractivity contribution in [1.82, 2.24) is 0 Å². The van der Waals surface area contributed by atoms with Gasteiger partial charge in [-0.25, -0.2) is 12.8 Å². The molecule has 0 unspecified atom stereocenters. The number of anilines is 2. The molecular weight excluding hydrogens is 331 g/mol. The quantitative estimate of drug-likeness (QED) is 0.871. The van der Waals surface area contributed by atoms with Crippen molar-refractivity contribution in [3.8, 4) is 0 Å². The van der Waals surface area contributed by atoms with Crippen LogP contribution in [0, 0.1) is 5.82 Å². The van der Waals surface area contributed by atoms with Gasteiger partial charge in [0, 0.05) is 0 Å². The van der Waals surface area contributed by atoms with Crippen LogP contribution in [-0.4, -0.2) is 26.6 Å². The molecule has 0 heterocycles. The Labute approximate surface area is 141 Å². The Bertz CT molecular complexity index is 810. The number of hydrogen-bond donors (Lipinski definition) is 1. The normalized spacial score (nSPS) is 12.5. The third-order valence-corrected chi connectivity index (χ3v) is 4.65. The van der Waals surface area contributed by atoms with Gasteiger partial charge in [0.05, 0.1) is 17.6 Å². The topological polar surface area (TPSA) is 66.5 Å². The van der Waals surface area contributed by atoms with Gasteiger partial charge < -0.3 is 5.32 Å². The van der Waals surface area contributed by atoms with E-state index in [1.54, 1.807) is 43.3 Å². The first-order valence-corrected chi connectivity index (χ1v) is 9.29. The zero-order valence-electron chi connectivity index (χ0n) is 13.4. The van der Waals surface area contributed by atoms with E-state index < -0.39 is 27.8 Å². The molecule has 7 heteroatoms. The van der Waals surface area contributed by atoms with Gasteiger partial charge >= 0.3 is 0 Å². The van der Waals surface area contributed by atoms with E-state index in [4.69, 9.17) is 0 Å². The predicted octanol–water partition coefficient (Wildman–Crippen LogP) is 3.01. The molecule has 1 amide bonds. The third-order valence-electron chi connectivity index (χ3n) is 3.47. The molecule has 0 aliphatic rings. The first-order chi connectivity index (χ1) is 11.3. The van der Waals surface area contributed by atoms with Crippen molar-refractivity contribution in [2.45, 2.75) is 19.4 Å². The second kappa shape index (κ2) is 7.44. The fourth-order valence-electron chi connectivity index (χ4n) is 2.41. The summed E-state index contributed by atoms with van der Waals surface area (Å²) in [5.41, 5.74) is 0.401. The number of halogens is 1. The lowest BCUT2D eigenvalue weighted by Gasteiger charge is -2.30. The lowest BCUT2D eigenvalue weighted by atomic mass is 10.2. The molecule has 0 saturated carbocycles. The number of carbonyl (C=O) groups is 1. The molecule has 0 aliphatic heterocycles. The van der Waals surface area contributed by atoms with Gasteiger partial charge in [0.1, 0.15) is 11.9 Å². The van der Waals surface area contributed by atoms with E-state index in [1.165, 1.54) is 18.2 Å². The van der Waals surface area contributed by atoms with Gasteiger partial charge in [0.25, 0.3) is 0 Å². The van der Waals surface area contributed by atoms with Gasteiger partial charge in [-0.3, -0.25) is 9.10 Å². The first kappa shape index (κ1) is 17.9. The van der Waals surface area contributed by atoms with Crippen molar-refractivity contribution >= 4 is 27.3 Å². The monoisotopic (exact) mass is 350 g/mol. The summed E-state index contributed by atoms with van der Waals surface area (Å²) in [5.74, 6) is -1.16. The Morgan fingerprint density at radius 1 is 1.12 bits per heavy atom. The van der Waals surface area contributed by atoms with E-state index in [0.29, 0.717) is 5.69 Å². The summed E-state index contributed by atoms with van der Waals surface area (Å²) in [6.45, 7) is 1.70. The number of para-hydroxylation sites is 2. The molecule has 128 valence electrons. The van der Waals surface area contributed by atoms with Crippen LogP contribution in [0.3, 0.4) is 0 Å². The SMILES string of the molecule is CC[C@H](C(=O)Nc1ccccc1F)N(c1ccccc1)S(C)(=O)=O. The van der Waals surface area contributed by atoms with E-state index >= 15 is 0 Å². The number of benzene rings is 2. The van der Waals surface area contributed by atoms with Crippen LogP contribution in [0.5, 0.6) is 0 Å². The molecule has 2 rings (SSSR count). The molecule has 0 bridgehead atoms. The molecule has 2 aromatic rings. The Kier molecular flexibility index (Phi) is 5.56. The number of carbonyl (C=O) groups excluding carboxylic acids is 1. The van der Waals surface area contributed by atoms with Gasteiger partial charge in [-0.15, -0.1) is 0 Å². The van der Waals surface area contributed by atoms with E-state index in [1.807, 2.05) is 0 Å². The fourth-order valence-corrected chi connectivity index (χ4v) is 3.63. The summed E-state index contributed by atoms with van der Waals surface area (Å²) < 4.78 is 39.2. The lowest BCUT2D eigenvalue weighted by molar-refractivity contribution is -0.117. The second-order valence-corrected chi connectivity index (χ2v) is 7.15. The predicted molar refractivity (Wildman–Crippen MR) is 92.9 cm³/mol. The maximum absolute atomic E-state index is 13.7. The smallest absolute Gasteiger partial charge is 0.248 e. The lowest BCUT2D eigenvalue weighted by Crippen LogP contribution is -2.47. The van der Waals surface area contributed by atoms with Crippen molar-refractivity contribution < 1.29 is 17.6 Å². The number of amides is 1. The standard InChI is InChI=1S/C17H19FN2O3S/c1-3-16(17(21)19-15-12-8-7-11-14(15)18)20(24(2,22)23)13-9-5-4-6-10-13/h4-12,16H,3H2,1-2H3,(H,19,21)/t16-/m1/s1. The summed E-state index contributed by atoms with van der Waals surface area (Å²) in [5, 5.41) is 2.46. The molecule has 0 aliphatic carbocycles. The van der Waals surface area contributed by atoms with Gasteiger partial charge in [-0.1, -0.05) is 37.3 Å². The second-order valence-electron chi connectivity index (χ2n) is 5.29. The molecule has 2 aromatic carbocycles. The molecule has 0 aromatic heterocycles. The first-order valence-electron chi connectivity index (χ1n) is 7.44. The van der Waals surface area contributed by atoms with Crippen LogP contribution >= 0.6 is 0 Å².